The number of amides is 2. The van der Waals surface area contributed by atoms with Crippen LogP contribution >= 0.6 is 46.4 Å². The monoisotopic (exact) mass is 559 g/mol. The number of dihydropyridines is 1. The van der Waals surface area contributed by atoms with E-state index in [2.05, 4.69) is 16.0 Å². The number of benzene rings is 3. The Bertz CT molecular complexity index is 1320. The quantitative estimate of drug-likeness (QED) is 0.298. The minimum absolute atomic E-state index is 0.337. The van der Waals surface area contributed by atoms with Crippen LogP contribution in [0.5, 0.6) is 0 Å². The average molecular weight is 561 g/mol. The fourth-order valence-electron chi connectivity index (χ4n) is 4.11. The van der Waals surface area contributed by atoms with E-state index in [0.717, 1.165) is 0 Å². The molecule has 9 heteroatoms. The van der Waals surface area contributed by atoms with Gasteiger partial charge in [-0.2, -0.15) is 0 Å². The molecule has 3 aromatic rings. The Morgan fingerprint density at radius 1 is 0.667 bits per heavy atom. The SMILES string of the molecule is CC1=C(C(=O)Nc2ccc(Cl)cc2)C(c2ccc(Cl)cc2Cl)C(C(=O)Nc2ccc(Cl)cc2)=C(C)N1. The molecule has 4 rings (SSSR count). The Balaban J connectivity index is 1.78. The van der Waals surface area contributed by atoms with Gasteiger partial charge in [-0.1, -0.05) is 52.5 Å². The molecule has 0 radical (unpaired) electrons. The number of anilines is 2. The second-order valence-corrected chi connectivity index (χ2v) is 9.94. The summed E-state index contributed by atoms with van der Waals surface area (Å²) in [6.45, 7) is 3.57. The summed E-state index contributed by atoms with van der Waals surface area (Å²) < 4.78 is 0. The molecule has 0 aliphatic carbocycles. The second kappa shape index (κ2) is 11.0. The Labute approximate surface area is 229 Å². The molecular formula is C27H21Cl4N3O2. The summed E-state index contributed by atoms with van der Waals surface area (Å²) in [6, 6.07) is 18.5. The number of rotatable bonds is 5. The standard InChI is InChI=1S/C27H21Cl4N3O2/c1-14-23(26(35)33-19-8-3-16(28)4-9-19)25(21-12-7-18(30)13-22(21)31)24(15(2)32-14)27(36)34-20-10-5-17(29)6-11-20/h3-13,25,32H,1-2H3,(H,33,35)(H,34,36). The lowest BCUT2D eigenvalue weighted by atomic mass is 9.79. The van der Waals surface area contributed by atoms with Gasteiger partial charge >= 0.3 is 0 Å². The first-order valence-electron chi connectivity index (χ1n) is 10.9. The smallest absolute Gasteiger partial charge is 0.254 e. The maximum absolute atomic E-state index is 13.6. The van der Waals surface area contributed by atoms with E-state index < -0.39 is 5.92 Å². The normalized spacial score (nSPS) is 13.9. The van der Waals surface area contributed by atoms with Gasteiger partial charge in [-0.15, -0.1) is 0 Å². The maximum Gasteiger partial charge on any atom is 0.254 e. The molecule has 0 unspecified atom stereocenters. The highest BCUT2D eigenvalue weighted by atomic mass is 35.5. The molecular weight excluding hydrogens is 540 g/mol. The molecule has 0 fully saturated rings. The lowest BCUT2D eigenvalue weighted by molar-refractivity contribution is -0.113. The van der Waals surface area contributed by atoms with E-state index in [0.29, 0.717) is 59.6 Å². The Morgan fingerprint density at radius 3 is 1.50 bits per heavy atom. The van der Waals surface area contributed by atoms with Crippen molar-refractivity contribution < 1.29 is 9.59 Å². The Hall–Kier alpha value is -2.96. The van der Waals surface area contributed by atoms with Crippen molar-refractivity contribution in [3.63, 3.8) is 0 Å². The fraction of sp³-hybridized carbons (Fsp3) is 0.111. The van der Waals surface area contributed by atoms with Gasteiger partial charge in [0.2, 0.25) is 0 Å². The lowest BCUT2D eigenvalue weighted by Gasteiger charge is -2.32. The van der Waals surface area contributed by atoms with Crippen LogP contribution in [0.25, 0.3) is 0 Å². The van der Waals surface area contributed by atoms with Gasteiger partial charge in [-0.3, -0.25) is 9.59 Å². The van der Waals surface area contributed by atoms with Crippen molar-refractivity contribution in [1.82, 2.24) is 5.32 Å². The van der Waals surface area contributed by atoms with Crippen molar-refractivity contribution in [3.8, 4) is 0 Å². The highest BCUT2D eigenvalue weighted by Crippen LogP contribution is 2.42. The first-order chi connectivity index (χ1) is 17.1. The molecule has 1 heterocycles. The van der Waals surface area contributed by atoms with E-state index >= 15 is 0 Å². The fourth-order valence-corrected chi connectivity index (χ4v) is 4.88. The van der Waals surface area contributed by atoms with Crippen molar-refractivity contribution >= 4 is 69.6 Å². The number of hydrogen-bond donors (Lipinski definition) is 3. The van der Waals surface area contributed by atoms with E-state index in [1.807, 2.05) is 0 Å². The van der Waals surface area contributed by atoms with E-state index in [4.69, 9.17) is 46.4 Å². The van der Waals surface area contributed by atoms with Crippen LogP contribution in [0.4, 0.5) is 11.4 Å². The highest BCUT2D eigenvalue weighted by Gasteiger charge is 2.37. The lowest BCUT2D eigenvalue weighted by Crippen LogP contribution is -2.35. The Morgan fingerprint density at radius 2 is 1.08 bits per heavy atom. The summed E-state index contributed by atoms with van der Waals surface area (Å²) in [7, 11) is 0. The van der Waals surface area contributed by atoms with Crippen molar-refractivity contribution in [1.29, 1.82) is 0 Å². The number of carbonyl (C=O) groups excluding carboxylic acids is 2. The summed E-state index contributed by atoms with van der Waals surface area (Å²) >= 11 is 24.7. The summed E-state index contributed by atoms with van der Waals surface area (Å²) in [5.74, 6) is -1.54. The topological polar surface area (TPSA) is 70.2 Å². The van der Waals surface area contributed by atoms with Crippen LogP contribution in [0.1, 0.15) is 25.3 Å². The van der Waals surface area contributed by atoms with Gasteiger partial charge in [-0.25, -0.2) is 0 Å². The molecule has 36 heavy (non-hydrogen) atoms. The van der Waals surface area contributed by atoms with E-state index in [9.17, 15) is 9.59 Å². The zero-order valence-electron chi connectivity index (χ0n) is 19.3. The third-order valence-corrected chi connectivity index (χ3v) is 6.79. The molecule has 3 N–H and O–H groups in total. The van der Waals surface area contributed by atoms with Crippen LogP contribution in [0.2, 0.25) is 20.1 Å². The zero-order chi connectivity index (χ0) is 26.0. The minimum Gasteiger partial charge on any atom is -0.362 e. The van der Waals surface area contributed by atoms with Crippen LogP contribution in [0.15, 0.2) is 89.3 Å². The zero-order valence-corrected chi connectivity index (χ0v) is 22.3. The molecule has 0 aromatic heterocycles. The molecule has 3 aromatic carbocycles. The third kappa shape index (κ3) is 5.71. The van der Waals surface area contributed by atoms with Crippen LogP contribution < -0.4 is 16.0 Å². The summed E-state index contributed by atoms with van der Waals surface area (Å²) in [6.07, 6.45) is 0. The molecule has 0 atom stereocenters. The van der Waals surface area contributed by atoms with Gasteiger partial charge in [-0.05, 0) is 80.1 Å². The van der Waals surface area contributed by atoms with Gasteiger partial charge in [0, 0.05) is 59.9 Å². The first kappa shape index (κ1) is 26.1. The minimum atomic E-state index is -0.768. The van der Waals surface area contributed by atoms with Crippen molar-refractivity contribution in [2.24, 2.45) is 0 Å². The first-order valence-corrected chi connectivity index (χ1v) is 12.4. The van der Waals surface area contributed by atoms with Crippen molar-refractivity contribution in [2.75, 3.05) is 10.6 Å². The van der Waals surface area contributed by atoms with Crippen molar-refractivity contribution in [3.05, 3.63) is 115 Å². The molecule has 0 spiro atoms. The number of nitrogens with one attached hydrogen (secondary N) is 3. The van der Waals surface area contributed by atoms with E-state index in [-0.39, 0.29) is 11.8 Å². The molecule has 1 aliphatic heterocycles. The van der Waals surface area contributed by atoms with Gasteiger partial charge < -0.3 is 16.0 Å². The van der Waals surface area contributed by atoms with Crippen LogP contribution in [0, 0.1) is 0 Å². The summed E-state index contributed by atoms with van der Waals surface area (Å²) in [5.41, 5.74) is 3.58. The number of hydrogen-bond acceptors (Lipinski definition) is 3. The van der Waals surface area contributed by atoms with E-state index in [1.165, 1.54) is 0 Å². The average Bonchev–Trinajstić information content (AvgIpc) is 2.81. The molecule has 0 saturated carbocycles. The third-order valence-electron chi connectivity index (χ3n) is 5.73. The van der Waals surface area contributed by atoms with E-state index in [1.54, 1.807) is 80.6 Å². The van der Waals surface area contributed by atoms with Gasteiger partial charge in [0.1, 0.15) is 0 Å². The summed E-state index contributed by atoms with van der Waals surface area (Å²) in [5, 5.41) is 10.9. The second-order valence-electron chi connectivity index (χ2n) is 8.22. The van der Waals surface area contributed by atoms with Crippen molar-refractivity contribution in [2.45, 2.75) is 19.8 Å². The molecule has 5 nitrogen and oxygen atoms in total. The molecule has 2 amide bonds. The number of allylic oxidation sites excluding steroid dienone is 2. The highest BCUT2D eigenvalue weighted by molar-refractivity contribution is 6.35. The van der Waals surface area contributed by atoms with Gasteiger partial charge in [0.15, 0.2) is 0 Å². The predicted molar refractivity (Wildman–Crippen MR) is 148 cm³/mol. The number of halogens is 4. The largest absolute Gasteiger partial charge is 0.362 e. The van der Waals surface area contributed by atoms with Crippen LogP contribution in [-0.4, -0.2) is 11.8 Å². The Kier molecular flexibility index (Phi) is 7.96. The predicted octanol–water partition coefficient (Wildman–Crippen LogP) is 7.81. The number of carbonyl (C=O) groups is 2. The summed E-state index contributed by atoms with van der Waals surface area (Å²) in [4.78, 5) is 27.2. The van der Waals surface area contributed by atoms with Gasteiger partial charge in [0.05, 0.1) is 0 Å². The van der Waals surface area contributed by atoms with Crippen LogP contribution in [-0.2, 0) is 9.59 Å². The van der Waals surface area contributed by atoms with Crippen LogP contribution in [0.3, 0.4) is 0 Å². The molecule has 0 bridgehead atoms. The maximum atomic E-state index is 13.6. The van der Waals surface area contributed by atoms with Gasteiger partial charge in [0.25, 0.3) is 11.8 Å². The molecule has 184 valence electrons. The molecule has 0 saturated heterocycles. The molecule has 1 aliphatic rings.